The summed E-state index contributed by atoms with van der Waals surface area (Å²) >= 11 is 0. The molecule has 0 amide bonds. The lowest BCUT2D eigenvalue weighted by Crippen LogP contribution is -2.08. The van der Waals surface area contributed by atoms with E-state index in [1.807, 2.05) is 0 Å². The van der Waals surface area contributed by atoms with Crippen LogP contribution in [0.25, 0.3) is 22.8 Å². The number of rotatable bonds is 4. The zero-order chi connectivity index (χ0) is 22.2. The number of nitrogens with one attached hydrogen (secondary N) is 1. The Bertz CT molecular complexity index is 1360. The third-order valence-corrected chi connectivity index (χ3v) is 6.97. The molecule has 0 aromatic heterocycles. The average Bonchev–Trinajstić information content (AvgIpc) is 3.22. The minimum absolute atomic E-state index is 0.0856. The van der Waals surface area contributed by atoms with E-state index in [0.717, 1.165) is 5.56 Å². The first-order valence-corrected chi connectivity index (χ1v) is 11.2. The Morgan fingerprint density at radius 1 is 0.688 bits per heavy atom. The largest absolute Gasteiger partial charge is 0.308 e. The van der Waals surface area contributed by atoms with Crippen LogP contribution in [-0.2, 0) is 0 Å². The number of fused-ring (bicyclic) bond motifs is 1. The van der Waals surface area contributed by atoms with Gasteiger partial charge in [0, 0.05) is 12.1 Å². The van der Waals surface area contributed by atoms with E-state index in [4.69, 9.17) is 5.41 Å². The maximum absolute atomic E-state index is 8.25. The van der Waals surface area contributed by atoms with Crippen molar-refractivity contribution in [2.24, 2.45) is 0 Å². The maximum atomic E-state index is 8.25. The predicted octanol–water partition coefficient (Wildman–Crippen LogP) is 7.96. The molecule has 1 heteroatoms. The van der Waals surface area contributed by atoms with Gasteiger partial charge in [-0.1, -0.05) is 84.9 Å². The van der Waals surface area contributed by atoms with Gasteiger partial charge >= 0.3 is 0 Å². The van der Waals surface area contributed by atoms with E-state index < -0.39 is 0 Å². The van der Waals surface area contributed by atoms with Gasteiger partial charge in [0.2, 0.25) is 0 Å². The van der Waals surface area contributed by atoms with Gasteiger partial charge in [-0.3, -0.25) is 0 Å². The summed E-state index contributed by atoms with van der Waals surface area (Å²) in [6, 6.07) is 30.2. The summed E-state index contributed by atoms with van der Waals surface area (Å²) in [5, 5.41) is 8.25. The molecule has 0 radical (unpaired) electrons. The summed E-state index contributed by atoms with van der Waals surface area (Å²) in [6.07, 6.45) is 3.84. The lowest BCUT2D eigenvalue weighted by Gasteiger charge is -2.25. The predicted molar refractivity (Wildman–Crippen MR) is 137 cm³/mol. The van der Waals surface area contributed by atoms with Crippen LogP contribution in [0.15, 0.2) is 84.9 Å². The first-order valence-electron chi connectivity index (χ1n) is 11.2. The van der Waals surface area contributed by atoms with E-state index in [2.05, 4.69) is 112 Å². The zero-order valence-corrected chi connectivity index (χ0v) is 18.8. The molecule has 0 bridgehead atoms. The van der Waals surface area contributed by atoms with Gasteiger partial charge in [-0.15, -0.1) is 0 Å². The molecule has 0 saturated carbocycles. The van der Waals surface area contributed by atoms with Crippen molar-refractivity contribution in [2.45, 2.75) is 26.7 Å². The third-order valence-electron chi connectivity index (χ3n) is 6.97. The molecule has 5 rings (SSSR count). The number of hydrogen-bond donors (Lipinski definition) is 1. The summed E-state index contributed by atoms with van der Waals surface area (Å²) in [5.74, 6) is 0.0856. The van der Waals surface area contributed by atoms with Crippen LogP contribution in [0, 0.1) is 26.2 Å². The van der Waals surface area contributed by atoms with Gasteiger partial charge in [0.25, 0.3) is 0 Å². The summed E-state index contributed by atoms with van der Waals surface area (Å²) in [7, 11) is 0. The standard InChI is InChI=1S/C31H27N/c1-20-16-17-26(22(3)21(20)2)28-15-9-13-25(19-32)30(28)31-27-14-8-7-12-24(27)18-29(31)23-10-5-4-6-11-23/h4-19,31-32H,1-3H3. The van der Waals surface area contributed by atoms with Gasteiger partial charge < -0.3 is 5.41 Å². The summed E-state index contributed by atoms with van der Waals surface area (Å²) in [6.45, 7) is 6.59. The molecule has 0 spiro atoms. The van der Waals surface area contributed by atoms with Crippen LogP contribution in [0.5, 0.6) is 0 Å². The average molecular weight is 414 g/mol. The van der Waals surface area contributed by atoms with Gasteiger partial charge in [-0.2, -0.15) is 0 Å². The molecule has 156 valence electrons. The highest BCUT2D eigenvalue weighted by Crippen LogP contribution is 2.49. The highest BCUT2D eigenvalue weighted by Gasteiger charge is 2.31. The van der Waals surface area contributed by atoms with Crippen molar-refractivity contribution in [3.8, 4) is 11.1 Å². The lowest BCUT2D eigenvalue weighted by atomic mass is 9.78. The van der Waals surface area contributed by atoms with Gasteiger partial charge in [-0.05, 0) is 88.1 Å². The van der Waals surface area contributed by atoms with Crippen LogP contribution in [0.4, 0.5) is 0 Å². The van der Waals surface area contributed by atoms with E-state index >= 15 is 0 Å². The molecule has 4 aromatic carbocycles. The summed E-state index contributed by atoms with van der Waals surface area (Å²) < 4.78 is 0. The van der Waals surface area contributed by atoms with Crippen molar-refractivity contribution in [3.05, 3.63) is 129 Å². The Labute approximate surface area is 190 Å². The smallest absolute Gasteiger partial charge is 0.0364 e. The zero-order valence-electron chi connectivity index (χ0n) is 18.8. The Morgan fingerprint density at radius 2 is 1.44 bits per heavy atom. The highest BCUT2D eigenvalue weighted by atomic mass is 14.4. The van der Waals surface area contributed by atoms with E-state index in [-0.39, 0.29) is 5.92 Å². The van der Waals surface area contributed by atoms with Crippen molar-refractivity contribution < 1.29 is 0 Å². The third kappa shape index (κ3) is 3.22. The first kappa shape index (κ1) is 20.2. The fourth-order valence-electron chi connectivity index (χ4n) is 5.03. The van der Waals surface area contributed by atoms with Gasteiger partial charge in [0.1, 0.15) is 0 Å². The van der Waals surface area contributed by atoms with Crippen LogP contribution in [0.2, 0.25) is 0 Å². The maximum Gasteiger partial charge on any atom is 0.0364 e. The van der Waals surface area contributed by atoms with Gasteiger partial charge in [0.05, 0.1) is 0 Å². The fraction of sp³-hybridized carbons (Fsp3) is 0.129. The van der Waals surface area contributed by atoms with Crippen molar-refractivity contribution in [1.29, 1.82) is 5.41 Å². The second-order valence-corrected chi connectivity index (χ2v) is 8.66. The van der Waals surface area contributed by atoms with E-state index in [9.17, 15) is 0 Å². The monoisotopic (exact) mass is 413 g/mol. The second-order valence-electron chi connectivity index (χ2n) is 8.66. The molecule has 0 saturated heterocycles. The molecule has 0 aliphatic heterocycles. The minimum atomic E-state index is 0.0856. The quantitative estimate of drug-likeness (QED) is 0.328. The lowest BCUT2D eigenvalue weighted by molar-refractivity contribution is 1.06. The van der Waals surface area contributed by atoms with Crippen LogP contribution >= 0.6 is 0 Å². The molecule has 1 aliphatic rings. The molecule has 1 unspecified atom stereocenters. The molecule has 32 heavy (non-hydrogen) atoms. The highest BCUT2D eigenvalue weighted by molar-refractivity contribution is 5.98. The second kappa shape index (κ2) is 8.09. The SMILES string of the molecule is Cc1ccc(-c2cccc(C=N)c2C2C(c3ccccc3)=Cc3ccccc32)c(C)c1C. The Balaban J connectivity index is 1.82. The van der Waals surface area contributed by atoms with Gasteiger partial charge in [-0.25, -0.2) is 0 Å². The fourth-order valence-corrected chi connectivity index (χ4v) is 5.03. The van der Waals surface area contributed by atoms with Crippen LogP contribution in [0.1, 0.15) is 50.4 Å². The Hall–Kier alpha value is -3.71. The number of allylic oxidation sites excluding steroid dienone is 1. The summed E-state index contributed by atoms with van der Waals surface area (Å²) in [5.41, 5.74) is 13.7. The van der Waals surface area contributed by atoms with E-state index in [1.165, 1.54) is 61.9 Å². The molecule has 1 aliphatic carbocycles. The first-order chi connectivity index (χ1) is 15.6. The van der Waals surface area contributed by atoms with Crippen molar-refractivity contribution in [1.82, 2.24) is 0 Å². The molecule has 1 atom stereocenters. The van der Waals surface area contributed by atoms with Crippen molar-refractivity contribution in [3.63, 3.8) is 0 Å². The molecular weight excluding hydrogens is 386 g/mol. The summed E-state index contributed by atoms with van der Waals surface area (Å²) in [4.78, 5) is 0. The van der Waals surface area contributed by atoms with Crippen molar-refractivity contribution >= 4 is 17.9 Å². The molecule has 0 fully saturated rings. The molecule has 0 heterocycles. The molecule has 1 nitrogen and oxygen atoms in total. The number of hydrogen-bond acceptors (Lipinski definition) is 1. The molecule has 4 aromatic rings. The molecule has 1 N–H and O–H groups in total. The normalized spacial score (nSPS) is 14.7. The topological polar surface area (TPSA) is 23.9 Å². The van der Waals surface area contributed by atoms with E-state index in [0.29, 0.717) is 0 Å². The van der Waals surface area contributed by atoms with Crippen molar-refractivity contribution in [2.75, 3.05) is 0 Å². The Kier molecular flexibility index (Phi) is 5.11. The minimum Gasteiger partial charge on any atom is -0.308 e. The number of aryl methyl sites for hydroxylation is 1. The number of benzene rings is 4. The molecular formula is C31H27N. The van der Waals surface area contributed by atoms with Crippen LogP contribution < -0.4 is 0 Å². The Morgan fingerprint density at radius 3 is 2.22 bits per heavy atom. The van der Waals surface area contributed by atoms with Crippen LogP contribution in [0.3, 0.4) is 0 Å². The van der Waals surface area contributed by atoms with Gasteiger partial charge in [0.15, 0.2) is 0 Å². The van der Waals surface area contributed by atoms with Crippen LogP contribution in [-0.4, -0.2) is 6.21 Å². The van der Waals surface area contributed by atoms with E-state index in [1.54, 1.807) is 0 Å².